The fourth-order valence-electron chi connectivity index (χ4n) is 2.43. The van der Waals surface area contributed by atoms with Crippen molar-refractivity contribution in [2.75, 3.05) is 7.11 Å². The first kappa shape index (κ1) is 15.4. The Morgan fingerprint density at radius 3 is 2.24 bits per heavy atom. The molecular weight excluding hydrogens is 272 g/mol. The molecule has 0 saturated heterocycles. The molecule has 0 spiro atoms. The fourth-order valence-corrected chi connectivity index (χ4v) is 2.43. The number of rotatable bonds is 5. The minimum Gasteiger partial charge on any atom is -0.496 e. The van der Waals surface area contributed by atoms with Gasteiger partial charge in [0, 0.05) is 23.2 Å². The zero-order valence-electron chi connectivity index (χ0n) is 12.4. The first-order valence-electron chi connectivity index (χ1n) is 6.87. The Hall–Kier alpha value is -1.94. The van der Waals surface area contributed by atoms with Gasteiger partial charge in [-0.05, 0) is 26.0 Å². The second-order valence-electron chi connectivity index (χ2n) is 5.00. The highest BCUT2D eigenvalue weighted by Crippen LogP contribution is 2.27. The summed E-state index contributed by atoms with van der Waals surface area (Å²) in [6.07, 6.45) is 0. The van der Waals surface area contributed by atoms with E-state index < -0.39 is 11.6 Å². The molecular formula is C17H19F2NO. The lowest BCUT2D eigenvalue weighted by Crippen LogP contribution is -2.24. The van der Waals surface area contributed by atoms with E-state index in [4.69, 9.17) is 4.74 Å². The number of hydrogen-bond acceptors (Lipinski definition) is 2. The number of hydrogen-bond donors (Lipinski definition) is 1. The molecule has 2 aromatic carbocycles. The van der Waals surface area contributed by atoms with Crippen molar-refractivity contribution in [1.29, 1.82) is 0 Å². The van der Waals surface area contributed by atoms with E-state index in [-0.39, 0.29) is 12.1 Å². The number of methoxy groups -OCH3 is 1. The summed E-state index contributed by atoms with van der Waals surface area (Å²) >= 11 is 0. The van der Waals surface area contributed by atoms with Crippen molar-refractivity contribution >= 4 is 0 Å². The molecule has 0 aliphatic carbocycles. The van der Waals surface area contributed by atoms with Crippen LogP contribution in [-0.2, 0) is 0 Å². The number of para-hydroxylation sites is 1. The fraction of sp³-hybridized carbons (Fsp3) is 0.294. The van der Waals surface area contributed by atoms with E-state index >= 15 is 0 Å². The van der Waals surface area contributed by atoms with Gasteiger partial charge in [0.2, 0.25) is 0 Å². The molecule has 0 saturated carbocycles. The summed E-state index contributed by atoms with van der Waals surface area (Å²) in [5, 5.41) is 3.27. The van der Waals surface area contributed by atoms with Gasteiger partial charge in [0.05, 0.1) is 7.11 Å². The highest BCUT2D eigenvalue weighted by Gasteiger charge is 2.18. The summed E-state index contributed by atoms with van der Waals surface area (Å²) in [5.41, 5.74) is 1.29. The van der Waals surface area contributed by atoms with Crippen LogP contribution in [0.1, 0.15) is 37.1 Å². The zero-order chi connectivity index (χ0) is 15.4. The third-order valence-corrected chi connectivity index (χ3v) is 3.55. The highest BCUT2D eigenvalue weighted by atomic mass is 19.2. The molecule has 0 aliphatic rings. The maximum atomic E-state index is 13.8. The number of ether oxygens (including phenoxy) is 1. The number of benzene rings is 2. The monoisotopic (exact) mass is 291 g/mol. The Labute approximate surface area is 123 Å². The van der Waals surface area contributed by atoms with Gasteiger partial charge in [-0.3, -0.25) is 0 Å². The molecule has 0 amide bonds. The predicted octanol–water partition coefficient (Wildman–Crippen LogP) is 4.39. The summed E-state index contributed by atoms with van der Waals surface area (Å²) in [4.78, 5) is 0. The summed E-state index contributed by atoms with van der Waals surface area (Å²) in [6, 6.07) is 11.5. The van der Waals surface area contributed by atoms with Crippen molar-refractivity contribution < 1.29 is 13.5 Å². The standard InChI is InChI=1S/C17H19F2NO/c1-11(13-7-4-5-10-16(13)21-3)20-12(2)14-8-6-9-15(18)17(14)19/h4-12,20H,1-3H3/t11-,12?/m0/s1. The minimum atomic E-state index is -0.828. The second-order valence-corrected chi connectivity index (χ2v) is 5.00. The van der Waals surface area contributed by atoms with Crippen LogP contribution < -0.4 is 10.1 Å². The van der Waals surface area contributed by atoms with Gasteiger partial charge in [-0.2, -0.15) is 0 Å². The van der Waals surface area contributed by atoms with Gasteiger partial charge in [-0.1, -0.05) is 30.3 Å². The van der Waals surface area contributed by atoms with Crippen molar-refractivity contribution in [3.05, 3.63) is 65.2 Å². The lowest BCUT2D eigenvalue weighted by atomic mass is 10.0. The Balaban J connectivity index is 2.19. The number of nitrogens with one attached hydrogen (secondary N) is 1. The number of halogens is 2. The highest BCUT2D eigenvalue weighted by molar-refractivity contribution is 5.36. The average molecular weight is 291 g/mol. The quantitative estimate of drug-likeness (QED) is 0.882. The van der Waals surface area contributed by atoms with E-state index in [0.717, 1.165) is 17.4 Å². The molecule has 2 aromatic rings. The van der Waals surface area contributed by atoms with Gasteiger partial charge in [0.1, 0.15) is 5.75 Å². The van der Waals surface area contributed by atoms with Crippen LogP contribution in [0.3, 0.4) is 0 Å². The van der Waals surface area contributed by atoms with Crippen LogP contribution in [-0.4, -0.2) is 7.11 Å². The minimum absolute atomic E-state index is 0.0567. The van der Waals surface area contributed by atoms with Crippen LogP contribution in [0.2, 0.25) is 0 Å². The first-order valence-corrected chi connectivity index (χ1v) is 6.87. The smallest absolute Gasteiger partial charge is 0.163 e. The Bertz CT molecular complexity index is 615. The zero-order valence-corrected chi connectivity index (χ0v) is 12.4. The van der Waals surface area contributed by atoms with Crippen molar-refractivity contribution in [1.82, 2.24) is 5.32 Å². The van der Waals surface area contributed by atoms with Crippen LogP contribution in [0.25, 0.3) is 0 Å². The van der Waals surface area contributed by atoms with Gasteiger partial charge >= 0.3 is 0 Å². The van der Waals surface area contributed by atoms with Crippen molar-refractivity contribution in [2.24, 2.45) is 0 Å². The van der Waals surface area contributed by atoms with E-state index in [1.54, 1.807) is 13.2 Å². The molecule has 1 N–H and O–H groups in total. The Kier molecular flexibility index (Phi) is 4.91. The molecule has 2 nitrogen and oxygen atoms in total. The lowest BCUT2D eigenvalue weighted by molar-refractivity contribution is 0.394. The molecule has 2 rings (SSSR count). The molecule has 0 bridgehead atoms. The molecule has 4 heteroatoms. The topological polar surface area (TPSA) is 21.3 Å². The maximum absolute atomic E-state index is 13.8. The van der Waals surface area contributed by atoms with E-state index in [9.17, 15) is 8.78 Å². The molecule has 0 heterocycles. The largest absolute Gasteiger partial charge is 0.496 e. The van der Waals surface area contributed by atoms with Gasteiger partial charge in [0.25, 0.3) is 0 Å². The molecule has 0 radical (unpaired) electrons. The molecule has 112 valence electrons. The lowest BCUT2D eigenvalue weighted by Gasteiger charge is -2.22. The molecule has 2 atom stereocenters. The van der Waals surface area contributed by atoms with E-state index in [2.05, 4.69) is 5.32 Å². The van der Waals surface area contributed by atoms with Crippen LogP contribution in [0.4, 0.5) is 8.78 Å². The van der Waals surface area contributed by atoms with E-state index in [1.807, 2.05) is 38.1 Å². The molecule has 21 heavy (non-hydrogen) atoms. The molecule has 0 fully saturated rings. The van der Waals surface area contributed by atoms with Gasteiger partial charge in [-0.15, -0.1) is 0 Å². The third-order valence-electron chi connectivity index (χ3n) is 3.55. The first-order chi connectivity index (χ1) is 10.0. The van der Waals surface area contributed by atoms with E-state index in [1.165, 1.54) is 6.07 Å². The third kappa shape index (κ3) is 3.39. The molecule has 0 aliphatic heterocycles. The summed E-state index contributed by atoms with van der Waals surface area (Å²) in [5.74, 6) is -0.861. The van der Waals surface area contributed by atoms with Crippen LogP contribution in [0.15, 0.2) is 42.5 Å². The maximum Gasteiger partial charge on any atom is 0.163 e. The van der Waals surface area contributed by atoms with Gasteiger partial charge in [0.15, 0.2) is 11.6 Å². The van der Waals surface area contributed by atoms with Gasteiger partial charge < -0.3 is 10.1 Å². The van der Waals surface area contributed by atoms with Crippen molar-refractivity contribution in [3.8, 4) is 5.75 Å². The van der Waals surface area contributed by atoms with Crippen molar-refractivity contribution in [3.63, 3.8) is 0 Å². The predicted molar refractivity (Wildman–Crippen MR) is 79.3 cm³/mol. The van der Waals surface area contributed by atoms with Crippen LogP contribution in [0.5, 0.6) is 5.75 Å². The normalized spacial score (nSPS) is 13.8. The second kappa shape index (κ2) is 6.68. The Morgan fingerprint density at radius 1 is 0.905 bits per heavy atom. The van der Waals surface area contributed by atoms with Gasteiger partial charge in [-0.25, -0.2) is 8.78 Å². The Morgan fingerprint density at radius 2 is 1.52 bits per heavy atom. The van der Waals surface area contributed by atoms with E-state index in [0.29, 0.717) is 5.56 Å². The molecule has 1 unspecified atom stereocenters. The molecule has 0 aromatic heterocycles. The summed E-state index contributed by atoms with van der Waals surface area (Å²) < 4.78 is 32.4. The SMILES string of the molecule is COc1ccccc1[C@H](C)NC(C)c1cccc(F)c1F. The van der Waals surface area contributed by atoms with Crippen molar-refractivity contribution in [2.45, 2.75) is 25.9 Å². The van der Waals surface area contributed by atoms with Crippen LogP contribution in [0, 0.1) is 11.6 Å². The summed E-state index contributed by atoms with van der Waals surface area (Å²) in [7, 11) is 1.61. The summed E-state index contributed by atoms with van der Waals surface area (Å²) in [6.45, 7) is 3.77. The average Bonchev–Trinajstić information content (AvgIpc) is 2.49. The van der Waals surface area contributed by atoms with Crippen LogP contribution >= 0.6 is 0 Å².